The highest BCUT2D eigenvalue weighted by molar-refractivity contribution is 6.09. The van der Waals surface area contributed by atoms with Gasteiger partial charge < -0.3 is 38.3 Å². The van der Waals surface area contributed by atoms with Crippen LogP contribution >= 0.6 is 0 Å². The van der Waals surface area contributed by atoms with E-state index in [-0.39, 0.29) is 36.2 Å². The van der Waals surface area contributed by atoms with E-state index < -0.39 is 46.9 Å². The van der Waals surface area contributed by atoms with E-state index in [9.17, 15) is 19.5 Å². The Morgan fingerprint density at radius 1 is 1.10 bits per heavy atom. The second kappa shape index (κ2) is 9.58. The summed E-state index contributed by atoms with van der Waals surface area (Å²) in [6.45, 7) is 7.35. The Morgan fingerprint density at radius 3 is 2.45 bits per heavy atom. The molecular formula is C29H32O11. The third kappa shape index (κ3) is 3.71. The molecule has 5 rings (SSSR count). The lowest BCUT2D eigenvalue weighted by Gasteiger charge is -2.48. The molecule has 0 saturated heterocycles. The van der Waals surface area contributed by atoms with Crippen molar-refractivity contribution in [2.45, 2.75) is 57.8 Å². The van der Waals surface area contributed by atoms with E-state index in [1.54, 1.807) is 39.0 Å². The number of allylic oxidation sites excluding steroid dienone is 3. The Balaban J connectivity index is 1.90. The molecule has 1 aromatic rings. The third-order valence-corrected chi connectivity index (χ3v) is 8.30. The molecule has 2 aliphatic heterocycles. The van der Waals surface area contributed by atoms with Crippen LogP contribution in [0.2, 0.25) is 0 Å². The van der Waals surface area contributed by atoms with Gasteiger partial charge in [0.1, 0.15) is 23.7 Å². The van der Waals surface area contributed by atoms with E-state index >= 15 is 0 Å². The number of carbonyl (C=O) groups is 3. The normalized spacial score (nSPS) is 30.3. The van der Waals surface area contributed by atoms with Gasteiger partial charge in [0.15, 0.2) is 23.4 Å². The van der Waals surface area contributed by atoms with Crippen LogP contribution in [-0.2, 0) is 38.7 Å². The maximum Gasteiger partial charge on any atom is 0.334 e. The summed E-state index contributed by atoms with van der Waals surface area (Å²) in [5.74, 6) is -1.84. The van der Waals surface area contributed by atoms with Crippen LogP contribution in [-0.4, -0.2) is 62.2 Å². The average Bonchev–Trinajstić information content (AvgIpc) is 3.55. The Labute approximate surface area is 231 Å². The first-order valence-electron chi connectivity index (χ1n) is 12.9. The molecule has 1 N–H and O–H groups in total. The van der Waals surface area contributed by atoms with Gasteiger partial charge in [-0.15, -0.1) is 0 Å². The summed E-state index contributed by atoms with van der Waals surface area (Å²) >= 11 is 0. The number of Topliss-reactive ketones (excluding diaryl/α,β-unsaturated/α-hetero) is 1. The first-order chi connectivity index (χ1) is 18.9. The van der Waals surface area contributed by atoms with E-state index in [0.717, 1.165) is 0 Å². The molecule has 0 fully saturated rings. The number of ether oxygens (including phenoxy) is 7. The van der Waals surface area contributed by atoms with Gasteiger partial charge in [0.25, 0.3) is 0 Å². The minimum atomic E-state index is -1.87. The number of rotatable bonds is 5. The number of hydrogen-bond acceptors (Lipinski definition) is 11. The van der Waals surface area contributed by atoms with Crippen LogP contribution < -0.4 is 14.2 Å². The fourth-order valence-corrected chi connectivity index (χ4v) is 5.88. The molecule has 5 atom stereocenters. The van der Waals surface area contributed by atoms with Crippen LogP contribution in [0.25, 0.3) is 0 Å². The minimum absolute atomic E-state index is 0.0797. The van der Waals surface area contributed by atoms with Crippen LogP contribution in [0.1, 0.15) is 51.8 Å². The fraction of sp³-hybridized carbons (Fsp3) is 0.483. The number of methoxy groups -OCH3 is 2. The van der Waals surface area contributed by atoms with Gasteiger partial charge in [-0.1, -0.05) is 13.0 Å². The summed E-state index contributed by atoms with van der Waals surface area (Å²) < 4.78 is 40.4. The predicted octanol–water partition coefficient (Wildman–Crippen LogP) is 2.94. The first-order valence-corrected chi connectivity index (χ1v) is 12.9. The van der Waals surface area contributed by atoms with Crippen molar-refractivity contribution < 1.29 is 52.6 Å². The lowest BCUT2D eigenvalue weighted by molar-refractivity contribution is -0.177. The van der Waals surface area contributed by atoms with E-state index in [1.807, 2.05) is 0 Å². The average molecular weight is 557 g/mol. The van der Waals surface area contributed by atoms with Gasteiger partial charge in [-0.3, -0.25) is 9.59 Å². The molecule has 1 aromatic carbocycles. The highest BCUT2D eigenvalue weighted by Crippen LogP contribution is 2.62. The molecule has 0 aromatic heterocycles. The molecular weight excluding hydrogens is 524 g/mol. The SMILES string of the molecule is CC=C(C)C(=O)O[C@H]1C2=CC(OC)=C(OC)C(=O)[C@@]23COc2c4c(cc(c23)[C@H](OC(C)=O)[C@H](C)[C@]1(C)O)OCO4. The van der Waals surface area contributed by atoms with Crippen molar-refractivity contribution in [3.05, 3.63) is 52.0 Å². The molecule has 0 radical (unpaired) electrons. The third-order valence-electron chi connectivity index (χ3n) is 8.30. The van der Waals surface area contributed by atoms with E-state index in [2.05, 4.69) is 0 Å². The summed E-state index contributed by atoms with van der Waals surface area (Å²) in [7, 11) is 2.72. The molecule has 2 heterocycles. The fourth-order valence-electron chi connectivity index (χ4n) is 5.88. The van der Waals surface area contributed by atoms with Gasteiger partial charge in [0, 0.05) is 29.5 Å². The summed E-state index contributed by atoms with van der Waals surface area (Å²) in [5.41, 5.74) is -2.25. The van der Waals surface area contributed by atoms with Gasteiger partial charge in [0.05, 0.1) is 14.2 Å². The molecule has 0 saturated carbocycles. The molecule has 0 bridgehead atoms. The van der Waals surface area contributed by atoms with Crippen molar-refractivity contribution in [1.82, 2.24) is 0 Å². The molecule has 4 aliphatic rings. The number of benzene rings is 1. The van der Waals surface area contributed by atoms with Crippen LogP contribution in [0.3, 0.4) is 0 Å². The summed E-state index contributed by atoms with van der Waals surface area (Å²) in [5, 5.41) is 12.2. The molecule has 0 unspecified atom stereocenters. The predicted molar refractivity (Wildman–Crippen MR) is 137 cm³/mol. The molecule has 214 valence electrons. The Bertz CT molecular complexity index is 1400. The second-order valence-electron chi connectivity index (χ2n) is 10.4. The maximum atomic E-state index is 14.5. The topological polar surface area (TPSA) is 136 Å². The smallest absolute Gasteiger partial charge is 0.334 e. The summed E-state index contributed by atoms with van der Waals surface area (Å²) in [6, 6.07) is 1.64. The Kier molecular flexibility index (Phi) is 6.60. The minimum Gasteiger partial charge on any atom is -0.493 e. The zero-order valence-electron chi connectivity index (χ0n) is 23.4. The number of hydrogen-bond donors (Lipinski definition) is 1. The molecule has 11 nitrogen and oxygen atoms in total. The van der Waals surface area contributed by atoms with Crippen molar-refractivity contribution in [3.63, 3.8) is 0 Å². The van der Waals surface area contributed by atoms with E-state index in [1.165, 1.54) is 28.1 Å². The number of fused-ring (bicyclic) bond motifs is 2. The lowest BCUT2D eigenvalue weighted by atomic mass is 9.59. The quantitative estimate of drug-likeness (QED) is 0.423. The summed E-state index contributed by atoms with van der Waals surface area (Å²) in [4.78, 5) is 40.1. The van der Waals surface area contributed by atoms with Crippen molar-refractivity contribution in [3.8, 4) is 17.2 Å². The van der Waals surface area contributed by atoms with Crippen molar-refractivity contribution >= 4 is 17.7 Å². The van der Waals surface area contributed by atoms with Crippen LogP contribution in [0.4, 0.5) is 0 Å². The lowest BCUT2D eigenvalue weighted by Crippen LogP contribution is -2.58. The summed E-state index contributed by atoms with van der Waals surface area (Å²) in [6.07, 6.45) is 0.635. The van der Waals surface area contributed by atoms with Crippen molar-refractivity contribution in [2.75, 3.05) is 27.6 Å². The van der Waals surface area contributed by atoms with Crippen molar-refractivity contribution in [1.29, 1.82) is 0 Å². The van der Waals surface area contributed by atoms with Crippen LogP contribution in [0.15, 0.2) is 40.9 Å². The van der Waals surface area contributed by atoms with Crippen LogP contribution in [0.5, 0.6) is 17.2 Å². The van der Waals surface area contributed by atoms with Gasteiger partial charge in [-0.05, 0) is 38.5 Å². The number of esters is 2. The van der Waals surface area contributed by atoms with Crippen molar-refractivity contribution in [2.24, 2.45) is 5.92 Å². The number of aliphatic hydroxyl groups is 1. The standard InChI is InChI=1S/C29H32O11/c1-8-13(2)27(32)40-26-17-10-18(34-6)23(35-7)25(31)29(17)11-36-24-20(29)16(9-19-22(24)38-12-37-19)21(39-15(4)30)14(3)28(26,5)33/h8-10,14,21,26,33H,11-12H2,1-7H3/t14-,21+,26-,28-,29-/m0/s1. The zero-order chi connectivity index (χ0) is 29.1. The highest BCUT2D eigenvalue weighted by atomic mass is 16.7. The Hall–Kier alpha value is -3.99. The molecule has 40 heavy (non-hydrogen) atoms. The monoisotopic (exact) mass is 556 g/mol. The Morgan fingerprint density at radius 2 is 1.82 bits per heavy atom. The van der Waals surface area contributed by atoms with Gasteiger partial charge in [-0.2, -0.15) is 0 Å². The maximum absolute atomic E-state index is 14.5. The molecule has 2 aliphatic carbocycles. The van der Waals surface area contributed by atoms with E-state index in [0.29, 0.717) is 28.2 Å². The first kappa shape index (κ1) is 27.6. The van der Waals surface area contributed by atoms with Crippen LogP contribution in [0, 0.1) is 5.92 Å². The molecule has 0 amide bonds. The second-order valence-corrected chi connectivity index (χ2v) is 10.4. The van der Waals surface area contributed by atoms with E-state index in [4.69, 9.17) is 33.2 Å². The highest BCUT2D eigenvalue weighted by Gasteiger charge is 2.64. The largest absolute Gasteiger partial charge is 0.493 e. The van der Waals surface area contributed by atoms with Gasteiger partial charge in [0.2, 0.25) is 24.1 Å². The zero-order valence-corrected chi connectivity index (χ0v) is 23.4. The number of ketones is 1. The molecule has 1 spiro atoms. The number of carbonyl (C=O) groups excluding carboxylic acids is 3. The molecule has 11 heteroatoms. The van der Waals surface area contributed by atoms with Gasteiger partial charge in [-0.25, -0.2) is 4.79 Å². The van der Waals surface area contributed by atoms with Gasteiger partial charge >= 0.3 is 11.9 Å².